The number of carboxylic acids is 1. The van der Waals surface area contributed by atoms with Gasteiger partial charge in [0.2, 0.25) is 0 Å². The van der Waals surface area contributed by atoms with Gasteiger partial charge in [-0.15, -0.1) is 0 Å². The number of carbonyl (C=O) groups is 2. The largest absolute Gasteiger partial charge is 0.478 e. The maximum atomic E-state index is 12.4. The Balaban J connectivity index is 1.66. The fraction of sp³-hybridized carbons (Fsp3) is 0.300. The van der Waals surface area contributed by atoms with Crippen LogP contribution in [0.5, 0.6) is 0 Å². The standard InChI is InChI=1S/C20H21NO4/c22-19(15-8-4-9-16(12-15)20(23)24)21-13-17-10-5-11-25-18(17)14-6-2-1-3-7-14/h1-4,6-9,12,17-18H,5,10-11,13H2,(H,21,22)(H,23,24)/t17-,18+/m0/s1. The molecule has 0 saturated carbocycles. The van der Waals surface area contributed by atoms with Gasteiger partial charge in [-0.2, -0.15) is 0 Å². The Morgan fingerprint density at radius 3 is 2.60 bits per heavy atom. The number of nitrogens with one attached hydrogen (secondary N) is 1. The van der Waals surface area contributed by atoms with Crippen molar-refractivity contribution in [2.24, 2.45) is 5.92 Å². The van der Waals surface area contributed by atoms with Gasteiger partial charge < -0.3 is 15.2 Å². The number of carbonyl (C=O) groups excluding carboxylic acids is 1. The van der Waals surface area contributed by atoms with Crippen molar-refractivity contribution in [1.82, 2.24) is 5.32 Å². The van der Waals surface area contributed by atoms with Gasteiger partial charge in [0.05, 0.1) is 11.7 Å². The summed E-state index contributed by atoms with van der Waals surface area (Å²) < 4.78 is 5.94. The van der Waals surface area contributed by atoms with E-state index in [-0.39, 0.29) is 23.5 Å². The van der Waals surface area contributed by atoms with E-state index >= 15 is 0 Å². The van der Waals surface area contributed by atoms with Gasteiger partial charge in [0, 0.05) is 24.6 Å². The van der Waals surface area contributed by atoms with E-state index in [2.05, 4.69) is 5.32 Å². The zero-order chi connectivity index (χ0) is 17.6. The molecule has 0 bridgehead atoms. The highest BCUT2D eigenvalue weighted by Gasteiger charge is 2.27. The molecule has 0 unspecified atom stereocenters. The summed E-state index contributed by atoms with van der Waals surface area (Å²) in [6, 6.07) is 16.1. The van der Waals surface area contributed by atoms with Gasteiger partial charge in [-0.1, -0.05) is 36.4 Å². The molecule has 3 rings (SSSR count). The highest BCUT2D eigenvalue weighted by molar-refractivity contribution is 5.97. The molecule has 0 aromatic heterocycles. The number of hydrogen-bond donors (Lipinski definition) is 2. The molecule has 2 atom stereocenters. The van der Waals surface area contributed by atoms with E-state index < -0.39 is 5.97 Å². The van der Waals surface area contributed by atoms with Crippen LogP contribution in [0.3, 0.4) is 0 Å². The van der Waals surface area contributed by atoms with Crippen molar-refractivity contribution < 1.29 is 19.4 Å². The van der Waals surface area contributed by atoms with E-state index in [1.54, 1.807) is 12.1 Å². The summed E-state index contributed by atoms with van der Waals surface area (Å²) in [6.45, 7) is 1.22. The molecule has 1 fully saturated rings. The molecule has 5 nitrogen and oxygen atoms in total. The highest BCUT2D eigenvalue weighted by atomic mass is 16.5. The first-order chi connectivity index (χ1) is 12.1. The van der Waals surface area contributed by atoms with E-state index in [9.17, 15) is 9.59 Å². The lowest BCUT2D eigenvalue weighted by molar-refractivity contribution is -0.0272. The highest BCUT2D eigenvalue weighted by Crippen LogP contribution is 2.33. The van der Waals surface area contributed by atoms with Crippen molar-refractivity contribution in [3.05, 3.63) is 71.3 Å². The fourth-order valence-corrected chi connectivity index (χ4v) is 3.18. The summed E-state index contributed by atoms with van der Waals surface area (Å²) in [5, 5.41) is 12.0. The van der Waals surface area contributed by atoms with Crippen LogP contribution in [0.2, 0.25) is 0 Å². The summed E-state index contributed by atoms with van der Waals surface area (Å²) in [5.41, 5.74) is 1.58. The Bertz CT molecular complexity index is 744. The summed E-state index contributed by atoms with van der Waals surface area (Å²) in [5.74, 6) is -1.11. The molecule has 1 heterocycles. The summed E-state index contributed by atoms with van der Waals surface area (Å²) in [7, 11) is 0. The molecule has 2 aromatic rings. The third kappa shape index (κ3) is 4.25. The van der Waals surface area contributed by atoms with E-state index in [1.807, 2.05) is 30.3 Å². The van der Waals surface area contributed by atoms with E-state index in [0.717, 1.165) is 25.0 Å². The number of carboxylic acid groups (broad SMARTS) is 1. The van der Waals surface area contributed by atoms with Crippen LogP contribution in [0, 0.1) is 5.92 Å². The van der Waals surface area contributed by atoms with Crippen molar-refractivity contribution in [2.75, 3.05) is 13.2 Å². The molecule has 1 aliphatic heterocycles. The van der Waals surface area contributed by atoms with Gasteiger partial charge in [-0.05, 0) is 36.6 Å². The van der Waals surface area contributed by atoms with Gasteiger partial charge in [0.1, 0.15) is 0 Å². The molecule has 25 heavy (non-hydrogen) atoms. The summed E-state index contributed by atoms with van der Waals surface area (Å²) in [6.07, 6.45) is 1.92. The Hall–Kier alpha value is -2.66. The van der Waals surface area contributed by atoms with Gasteiger partial charge in [0.15, 0.2) is 0 Å². The lowest BCUT2D eigenvalue weighted by atomic mass is 9.89. The molecule has 1 amide bonds. The Labute approximate surface area is 146 Å². The summed E-state index contributed by atoms with van der Waals surface area (Å²) >= 11 is 0. The number of benzene rings is 2. The van der Waals surface area contributed by atoms with E-state index in [0.29, 0.717) is 12.1 Å². The van der Waals surface area contributed by atoms with Crippen LogP contribution < -0.4 is 5.32 Å². The minimum Gasteiger partial charge on any atom is -0.478 e. The molecule has 2 N–H and O–H groups in total. The second-order valence-electron chi connectivity index (χ2n) is 6.20. The molecule has 2 aromatic carbocycles. The minimum absolute atomic E-state index is 0.0272. The number of amides is 1. The third-order valence-corrected chi connectivity index (χ3v) is 4.47. The summed E-state index contributed by atoms with van der Waals surface area (Å²) in [4.78, 5) is 23.4. The molecule has 1 saturated heterocycles. The maximum absolute atomic E-state index is 12.4. The minimum atomic E-state index is -1.04. The Kier molecular flexibility index (Phi) is 5.46. The van der Waals surface area contributed by atoms with E-state index in [1.165, 1.54) is 12.1 Å². The first-order valence-corrected chi connectivity index (χ1v) is 8.43. The monoisotopic (exact) mass is 339 g/mol. The smallest absolute Gasteiger partial charge is 0.335 e. The molecular weight excluding hydrogens is 318 g/mol. The number of ether oxygens (including phenoxy) is 1. The predicted molar refractivity (Wildman–Crippen MR) is 93.6 cm³/mol. The second kappa shape index (κ2) is 7.94. The van der Waals surface area contributed by atoms with Crippen molar-refractivity contribution in [3.63, 3.8) is 0 Å². The molecule has 1 aliphatic rings. The second-order valence-corrected chi connectivity index (χ2v) is 6.20. The maximum Gasteiger partial charge on any atom is 0.335 e. The van der Waals surface area contributed by atoms with Crippen LogP contribution in [0.15, 0.2) is 54.6 Å². The van der Waals surface area contributed by atoms with Crippen molar-refractivity contribution in [3.8, 4) is 0 Å². The average molecular weight is 339 g/mol. The third-order valence-electron chi connectivity index (χ3n) is 4.47. The Morgan fingerprint density at radius 1 is 1.08 bits per heavy atom. The molecule has 0 radical (unpaired) electrons. The first-order valence-electron chi connectivity index (χ1n) is 8.43. The van der Waals surface area contributed by atoms with Crippen LogP contribution in [-0.2, 0) is 4.74 Å². The first kappa shape index (κ1) is 17.2. The van der Waals surface area contributed by atoms with Crippen molar-refractivity contribution in [1.29, 1.82) is 0 Å². The predicted octanol–water partition coefficient (Wildman–Crippen LogP) is 3.28. The topological polar surface area (TPSA) is 75.6 Å². The van der Waals surface area contributed by atoms with Crippen LogP contribution in [0.25, 0.3) is 0 Å². The van der Waals surface area contributed by atoms with Crippen LogP contribution in [0.1, 0.15) is 45.2 Å². The zero-order valence-corrected chi connectivity index (χ0v) is 13.9. The Morgan fingerprint density at radius 2 is 1.84 bits per heavy atom. The van der Waals surface area contributed by atoms with Gasteiger partial charge in [0.25, 0.3) is 5.91 Å². The van der Waals surface area contributed by atoms with Gasteiger partial charge >= 0.3 is 5.97 Å². The van der Waals surface area contributed by atoms with Crippen LogP contribution in [0.4, 0.5) is 0 Å². The molecule has 0 aliphatic carbocycles. The molecular formula is C20H21NO4. The van der Waals surface area contributed by atoms with Gasteiger partial charge in [-0.25, -0.2) is 4.79 Å². The SMILES string of the molecule is O=C(O)c1cccc(C(=O)NC[C@@H]2CCCO[C@@H]2c2ccccc2)c1. The number of hydrogen-bond acceptors (Lipinski definition) is 3. The van der Waals surface area contributed by atoms with Gasteiger partial charge in [-0.3, -0.25) is 4.79 Å². The molecule has 130 valence electrons. The van der Waals surface area contributed by atoms with Crippen molar-refractivity contribution >= 4 is 11.9 Å². The quantitative estimate of drug-likeness (QED) is 0.876. The normalized spacial score (nSPS) is 20.0. The fourth-order valence-electron chi connectivity index (χ4n) is 3.18. The van der Waals surface area contributed by atoms with Crippen LogP contribution >= 0.6 is 0 Å². The number of rotatable bonds is 5. The lowest BCUT2D eigenvalue weighted by Crippen LogP contribution is -2.35. The zero-order valence-electron chi connectivity index (χ0n) is 13.9. The van der Waals surface area contributed by atoms with E-state index in [4.69, 9.17) is 9.84 Å². The molecule has 0 spiro atoms. The molecule has 5 heteroatoms. The average Bonchev–Trinajstić information content (AvgIpc) is 2.67. The van der Waals surface area contributed by atoms with Crippen LogP contribution in [-0.4, -0.2) is 30.1 Å². The number of aromatic carboxylic acids is 1. The lowest BCUT2D eigenvalue weighted by Gasteiger charge is -2.32. The van der Waals surface area contributed by atoms with Crippen molar-refractivity contribution in [2.45, 2.75) is 18.9 Å².